The number of nitrogens with zero attached hydrogens (tertiary/aromatic N) is 1. The Bertz CT molecular complexity index is 1400. The van der Waals surface area contributed by atoms with Crippen LogP contribution in [-0.2, 0) is 23.2 Å². The minimum atomic E-state index is -0.435. The van der Waals surface area contributed by atoms with Crippen LogP contribution in [0.1, 0.15) is 48.1 Å². The molecule has 0 amide bonds. The van der Waals surface area contributed by atoms with Crippen LogP contribution in [0, 0.1) is 11.8 Å². The molecule has 0 saturated heterocycles. The van der Waals surface area contributed by atoms with Gasteiger partial charge in [-0.1, -0.05) is 67.1 Å². The van der Waals surface area contributed by atoms with Gasteiger partial charge in [0.15, 0.2) is 5.78 Å². The zero-order chi connectivity index (χ0) is 24.5. The van der Waals surface area contributed by atoms with Gasteiger partial charge in [-0.2, -0.15) is 0 Å². The average molecular weight is 478 g/mol. The third-order valence-corrected chi connectivity index (χ3v) is 8.31. The van der Waals surface area contributed by atoms with Crippen molar-refractivity contribution >= 4 is 16.7 Å². The van der Waals surface area contributed by atoms with Gasteiger partial charge in [-0.05, 0) is 72.1 Å². The predicted octanol–water partition coefficient (Wildman–Crippen LogP) is 6.02. The van der Waals surface area contributed by atoms with E-state index < -0.39 is 6.61 Å². The first-order valence-corrected chi connectivity index (χ1v) is 12.9. The van der Waals surface area contributed by atoms with Crippen molar-refractivity contribution in [3.63, 3.8) is 0 Å². The molecule has 3 atom stereocenters. The molecule has 1 N–H and O–H groups in total. The maximum atomic E-state index is 12.4. The van der Waals surface area contributed by atoms with Crippen molar-refractivity contribution in [1.29, 1.82) is 0 Å². The number of ketones is 1. The Hall–Kier alpha value is -3.50. The Kier molecular flexibility index (Phi) is 6.06. The number of aliphatic hydroxyl groups excluding tert-OH is 1. The number of hydrogen-bond acceptors (Lipinski definition) is 4. The summed E-state index contributed by atoms with van der Waals surface area (Å²) in [7, 11) is 0. The van der Waals surface area contributed by atoms with Crippen LogP contribution < -0.4 is 4.74 Å². The van der Waals surface area contributed by atoms with Crippen molar-refractivity contribution in [2.75, 3.05) is 6.61 Å². The molecule has 0 radical (unpaired) electrons. The van der Waals surface area contributed by atoms with Gasteiger partial charge in [-0.3, -0.25) is 4.79 Å². The van der Waals surface area contributed by atoms with Gasteiger partial charge in [0.1, 0.15) is 19.0 Å². The van der Waals surface area contributed by atoms with E-state index in [0.29, 0.717) is 18.4 Å². The van der Waals surface area contributed by atoms with E-state index in [1.54, 1.807) is 0 Å². The zero-order valence-electron chi connectivity index (χ0n) is 20.4. The van der Waals surface area contributed by atoms with E-state index in [4.69, 9.17) is 9.72 Å². The molecule has 3 unspecified atom stereocenters. The van der Waals surface area contributed by atoms with Gasteiger partial charge >= 0.3 is 0 Å². The predicted molar refractivity (Wildman–Crippen MR) is 141 cm³/mol. The number of aliphatic hydroxyl groups is 1. The lowest BCUT2D eigenvalue weighted by Crippen LogP contribution is -2.35. The van der Waals surface area contributed by atoms with Crippen molar-refractivity contribution in [2.24, 2.45) is 11.8 Å². The molecular weight excluding hydrogens is 446 g/mol. The summed E-state index contributed by atoms with van der Waals surface area (Å²) in [5, 5.41) is 10.6. The first-order chi connectivity index (χ1) is 17.7. The van der Waals surface area contributed by atoms with Gasteiger partial charge in [0.2, 0.25) is 0 Å². The molecule has 0 aliphatic heterocycles. The highest BCUT2D eigenvalue weighted by molar-refractivity contribution is 5.82. The second kappa shape index (κ2) is 9.51. The van der Waals surface area contributed by atoms with Crippen LogP contribution >= 0.6 is 0 Å². The number of para-hydroxylation sites is 1. The second-order valence-electron chi connectivity index (χ2n) is 10.4. The third kappa shape index (κ3) is 4.10. The Labute approximate surface area is 212 Å². The summed E-state index contributed by atoms with van der Waals surface area (Å²) in [6, 6.07) is 29.1. The molecule has 1 heterocycles. The van der Waals surface area contributed by atoms with Gasteiger partial charge in [0, 0.05) is 17.2 Å². The lowest BCUT2D eigenvalue weighted by Gasteiger charge is -2.40. The smallest absolute Gasteiger partial charge is 0.162 e. The molecule has 4 aromatic rings. The summed E-state index contributed by atoms with van der Waals surface area (Å²) in [5.74, 6) is 1.89. The summed E-state index contributed by atoms with van der Waals surface area (Å²) in [4.78, 5) is 17.1. The number of benzene rings is 3. The topological polar surface area (TPSA) is 59.4 Å². The number of pyridine rings is 1. The molecule has 2 bridgehead atoms. The van der Waals surface area contributed by atoms with Crippen LogP contribution in [0.25, 0.3) is 10.9 Å². The average Bonchev–Trinajstić information content (AvgIpc) is 3.55. The molecule has 2 fully saturated rings. The number of rotatable bonds is 8. The van der Waals surface area contributed by atoms with Gasteiger partial charge in [0.05, 0.1) is 11.2 Å². The Balaban J connectivity index is 1.38. The van der Waals surface area contributed by atoms with Gasteiger partial charge < -0.3 is 9.84 Å². The molecule has 2 aliphatic carbocycles. The van der Waals surface area contributed by atoms with E-state index in [1.807, 2.05) is 36.4 Å². The largest absolute Gasteiger partial charge is 0.487 e. The summed E-state index contributed by atoms with van der Waals surface area (Å²) in [6.45, 7) is -0.0563. The summed E-state index contributed by atoms with van der Waals surface area (Å²) in [6.07, 6.45) is 5.06. The Morgan fingerprint density at radius 3 is 2.58 bits per heavy atom. The van der Waals surface area contributed by atoms with Crippen molar-refractivity contribution in [3.05, 3.63) is 107 Å². The lowest BCUT2D eigenvalue weighted by atomic mass is 9.63. The highest BCUT2D eigenvalue weighted by Crippen LogP contribution is 2.60. The van der Waals surface area contributed by atoms with Crippen LogP contribution in [-0.4, -0.2) is 22.5 Å². The fourth-order valence-electron chi connectivity index (χ4n) is 6.73. The number of ether oxygens (including phenoxy) is 1. The second-order valence-corrected chi connectivity index (χ2v) is 10.4. The van der Waals surface area contributed by atoms with Crippen molar-refractivity contribution in [1.82, 2.24) is 4.98 Å². The normalized spacial score (nSPS) is 22.7. The maximum absolute atomic E-state index is 12.4. The van der Waals surface area contributed by atoms with E-state index in [-0.39, 0.29) is 17.6 Å². The molecule has 4 nitrogen and oxygen atoms in total. The molecule has 36 heavy (non-hydrogen) atoms. The van der Waals surface area contributed by atoms with Gasteiger partial charge in [-0.25, -0.2) is 4.98 Å². The highest BCUT2D eigenvalue weighted by atomic mass is 16.5. The van der Waals surface area contributed by atoms with Crippen LogP contribution in [0.5, 0.6) is 5.75 Å². The zero-order valence-corrected chi connectivity index (χ0v) is 20.4. The number of hydrogen-bond donors (Lipinski definition) is 1. The van der Waals surface area contributed by atoms with E-state index in [0.717, 1.165) is 34.3 Å². The molecule has 3 aromatic carbocycles. The molecule has 4 heteroatoms. The quantitative estimate of drug-likeness (QED) is 0.337. The minimum Gasteiger partial charge on any atom is -0.487 e. The van der Waals surface area contributed by atoms with Crippen LogP contribution in [0.2, 0.25) is 0 Å². The van der Waals surface area contributed by atoms with Crippen molar-refractivity contribution < 1.29 is 14.6 Å². The molecule has 2 aliphatic rings. The van der Waals surface area contributed by atoms with Crippen molar-refractivity contribution in [3.8, 4) is 5.75 Å². The maximum Gasteiger partial charge on any atom is 0.162 e. The minimum absolute atomic E-state index is 0.129. The molecular formula is C32H31NO3. The monoisotopic (exact) mass is 477 g/mol. The number of fused-ring (bicyclic) bond motifs is 3. The third-order valence-electron chi connectivity index (χ3n) is 8.31. The summed E-state index contributed by atoms with van der Waals surface area (Å²) in [5.41, 5.74) is 5.22. The number of carbonyl (C=O) groups excluding carboxylic acids is 1. The lowest BCUT2D eigenvalue weighted by molar-refractivity contribution is -0.121. The van der Waals surface area contributed by atoms with Gasteiger partial charge in [-0.15, -0.1) is 0 Å². The van der Waals surface area contributed by atoms with E-state index in [9.17, 15) is 9.90 Å². The van der Waals surface area contributed by atoms with Crippen molar-refractivity contribution in [2.45, 2.75) is 44.1 Å². The van der Waals surface area contributed by atoms with E-state index >= 15 is 0 Å². The van der Waals surface area contributed by atoms with Crippen LogP contribution in [0.15, 0.2) is 84.9 Å². The Morgan fingerprint density at radius 2 is 1.81 bits per heavy atom. The SMILES string of the molecule is O=C(CO)Cc1ccc(OCc2ccc3ccccc3n2)cc1C1(c2ccccc2)CC2CCC1C2. The first-order valence-electron chi connectivity index (χ1n) is 12.9. The fraction of sp³-hybridized carbons (Fsp3) is 0.312. The molecule has 182 valence electrons. The molecule has 0 spiro atoms. The Morgan fingerprint density at radius 1 is 0.972 bits per heavy atom. The number of Topliss-reactive ketones (excluding diaryl/α,β-unsaturated/α-hetero) is 1. The van der Waals surface area contributed by atoms with Crippen LogP contribution in [0.4, 0.5) is 0 Å². The first kappa shape index (κ1) is 22.9. The number of aromatic nitrogens is 1. The highest BCUT2D eigenvalue weighted by Gasteiger charge is 2.53. The molecule has 1 aromatic heterocycles. The van der Waals surface area contributed by atoms with E-state index in [2.05, 4.69) is 48.5 Å². The van der Waals surface area contributed by atoms with Crippen LogP contribution in [0.3, 0.4) is 0 Å². The molecule has 2 saturated carbocycles. The molecule has 6 rings (SSSR count). The standard InChI is InChI=1S/C32H31NO3/c34-20-28(35)17-24-12-15-29(36-21-27-14-11-23-6-4-5-9-31(23)33-27)18-30(24)32(25-7-2-1-3-8-25)19-22-10-13-26(32)16-22/h1-9,11-12,14-15,18,22,26,34H,10,13,16-17,19-21H2. The van der Waals surface area contributed by atoms with Gasteiger partial charge in [0.25, 0.3) is 0 Å². The summed E-state index contributed by atoms with van der Waals surface area (Å²) < 4.78 is 6.29. The summed E-state index contributed by atoms with van der Waals surface area (Å²) >= 11 is 0. The fourth-order valence-corrected chi connectivity index (χ4v) is 6.73. The van der Waals surface area contributed by atoms with E-state index in [1.165, 1.54) is 30.4 Å². The number of carbonyl (C=O) groups is 1.